The lowest BCUT2D eigenvalue weighted by Crippen LogP contribution is -2.40. The van der Waals surface area contributed by atoms with Gasteiger partial charge in [0.05, 0.1) is 16.8 Å². The molecule has 158 valence electrons. The van der Waals surface area contributed by atoms with Gasteiger partial charge in [-0.15, -0.1) is 0 Å². The van der Waals surface area contributed by atoms with E-state index in [1.165, 1.54) is 22.5 Å². The number of benzene rings is 2. The fraction of sp³-hybridized carbons (Fsp3) is 0.286. The summed E-state index contributed by atoms with van der Waals surface area (Å²) in [5.74, 6) is 0.136. The molecule has 6 nitrogen and oxygen atoms in total. The molecule has 1 saturated heterocycles. The van der Waals surface area contributed by atoms with E-state index < -0.39 is 16.1 Å². The Labute approximate surface area is 179 Å². The number of aromatic amines is 1. The maximum absolute atomic E-state index is 13.9. The molecule has 2 heterocycles. The van der Waals surface area contributed by atoms with Crippen LogP contribution in [0.25, 0.3) is 22.6 Å². The van der Waals surface area contributed by atoms with Crippen LogP contribution >= 0.6 is 11.6 Å². The Hall–Kier alpha value is -2.26. The second kappa shape index (κ2) is 8.11. The molecule has 0 amide bonds. The van der Waals surface area contributed by atoms with Gasteiger partial charge >= 0.3 is 0 Å². The van der Waals surface area contributed by atoms with E-state index in [9.17, 15) is 17.9 Å². The van der Waals surface area contributed by atoms with Crippen LogP contribution < -0.4 is 0 Å². The molecule has 0 saturated carbocycles. The van der Waals surface area contributed by atoms with Crippen molar-refractivity contribution in [3.63, 3.8) is 0 Å². The fourth-order valence-electron chi connectivity index (χ4n) is 3.44. The summed E-state index contributed by atoms with van der Waals surface area (Å²) >= 11 is 6.22. The highest BCUT2D eigenvalue weighted by molar-refractivity contribution is 7.89. The highest BCUT2D eigenvalue weighted by atomic mass is 35.5. The zero-order chi connectivity index (χ0) is 21.5. The van der Waals surface area contributed by atoms with Crippen LogP contribution in [0.1, 0.15) is 18.4 Å². The number of rotatable bonds is 4. The minimum Gasteiger partial charge on any atom is -0.393 e. The quantitative estimate of drug-likeness (QED) is 0.630. The first-order valence-electron chi connectivity index (χ1n) is 9.56. The molecule has 4 rings (SSSR count). The summed E-state index contributed by atoms with van der Waals surface area (Å²) in [4.78, 5) is 7.51. The van der Waals surface area contributed by atoms with E-state index in [0.717, 1.165) is 0 Å². The fourth-order valence-corrected chi connectivity index (χ4v) is 5.41. The third-order valence-electron chi connectivity index (χ3n) is 5.29. The van der Waals surface area contributed by atoms with Crippen LogP contribution in [-0.2, 0) is 10.0 Å². The van der Waals surface area contributed by atoms with Crippen molar-refractivity contribution in [3.05, 3.63) is 59.0 Å². The van der Waals surface area contributed by atoms with Gasteiger partial charge in [0.2, 0.25) is 10.0 Å². The molecule has 0 spiro atoms. The molecule has 2 N–H and O–H groups in total. The van der Waals surface area contributed by atoms with Gasteiger partial charge in [-0.25, -0.2) is 17.8 Å². The number of nitrogens with one attached hydrogen (secondary N) is 1. The number of piperidine rings is 1. The number of aryl methyl sites for hydroxylation is 1. The number of halogens is 2. The average molecular weight is 450 g/mol. The number of hydrogen-bond donors (Lipinski definition) is 2. The number of aliphatic hydroxyl groups excluding tert-OH is 1. The van der Waals surface area contributed by atoms with Crippen LogP contribution in [0.15, 0.2) is 47.5 Å². The van der Waals surface area contributed by atoms with Crippen molar-refractivity contribution in [2.75, 3.05) is 13.1 Å². The molecule has 0 atom stereocenters. The van der Waals surface area contributed by atoms with E-state index in [1.54, 1.807) is 31.3 Å². The van der Waals surface area contributed by atoms with Crippen molar-refractivity contribution in [1.29, 1.82) is 0 Å². The summed E-state index contributed by atoms with van der Waals surface area (Å²) in [6, 6.07) is 9.57. The molecule has 0 unspecified atom stereocenters. The summed E-state index contributed by atoms with van der Waals surface area (Å²) < 4.78 is 41.4. The molecule has 0 bridgehead atoms. The predicted octanol–water partition coefficient (Wildman–Crippen LogP) is 3.99. The Morgan fingerprint density at radius 1 is 1.17 bits per heavy atom. The second-order valence-electron chi connectivity index (χ2n) is 7.38. The SMILES string of the molecule is Cc1ccc(-c2c[nH]c(-c3ccc(Cl)c(S(=O)(=O)N4CCC(O)CC4)c3)n2)cc1F. The topological polar surface area (TPSA) is 86.3 Å². The van der Waals surface area contributed by atoms with E-state index >= 15 is 0 Å². The van der Waals surface area contributed by atoms with Gasteiger partial charge in [0.25, 0.3) is 0 Å². The van der Waals surface area contributed by atoms with Crippen LogP contribution in [0.4, 0.5) is 4.39 Å². The van der Waals surface area contributed by atoms with Gasteiger partial charge in [0, 0.05) is 30.4 Å². The van der Waals surface area contributed by atoms with E-state index in [0.29, 0.717) is 41.1 Å². The molecule has 0 radical (unpaired) electrons. The minimum atomic E-state index is -3.80. The Bertz CT molecular complexity index is 1190. The maximum Gasteiger partial charge on any atom is 0.244 e. The molecule has 1 aliphatic heterocycles. The Morgan fingerprint density at radius 2 is 1.87 bits per heavy atom. The van der Waals surface area contributed by atoms with Crippen LogP contribution in [-0.4, -0.2) is 47.0 Å². The number of sulfonamides is 1. The summed E-state index contributed by atoms with van der Waals surface area (Å²) in [6.07, 6.45) is 1.95. The Kier molecular flexibility index (Phi) is 5.67. The number of hydrogen-bond acceptors (Lipinski definition) is 4. The first kappa shape index (κ1) is 21.0. The first-order valence-corrected chi connectivity index (χ1v) is 11.4. The van der Waals surface area contributed by atoms with Crippen LogP contribution in [0.3, 0.4) is 0 Å². The summed E-state index contributed by atoms with van der Waals surface area (Å²) in [5.41, 5.74) is 2.27. The Balaban J connectivity index is 1.67. The van der Waals surface area contributed by atoms with Crippen molar-refractivity contribution in [3.8, 4) is 22.6 Å². The van der Waals surface area contributed by atoms with Gasteiger partial charge in [-0.05, 0) is 49.6 Å². The summed E-state index contributed by atoms with van der Waals surface area (Å²) in [5, 5.41) is 9.78. The molecule has 1 aromatic heterocycles. The van der Waals surface area contributed by atoms with E-state index in [-0.39, 0.29) is 28.8 Å². The van der Waals surface area contributed by atoms with E-state index in [1.807, 2.05) is 0 Å². The summed E-state index contributed by atoms with van der Waals surface area (Å²) in [7, 11) is -3.80. The summed E-state index contributed by atoms with van der Waals surface area (Å²) in [6.45, 7) is 2.18. The molecule has 2 aromatic carbocycles. The van der Waals surface area contributed by atoms with Crippen molar-refractivity contribution in [2.24, 2.45) is 0 Å². The standard InChI is InChI=1S/C21H21ClFN3O3S/c1-13-2-3-14(10-18(13)23)19-12-24-21(25-19)15-4-5-17(22)20(11-15)30(28,29)26-8-6-16(27)7-9-26/h2-5,10-12,16,27H,6-9H2,1H3,(H,24,25). The minimum absolute atomic E-state index is 0.00242. The predicted molar refractivity (Wildman–Crippen MR) is 113 cm³/mol. The van der Waals surface area contributed by atoms with E-state index in [4.69, 9.17) is 11.6 Å². The van der Waals surface area contributed by atoms with Crippen LogP contribution in [0.2, 0.25) is 5.02 Å². The normalized spacial score (nSPS) is 16.1. The number of nitrogens with zero attached hydrogens (tertiary/aromatic N) is 2. The lowest BCUT2D eigenvalue weighted by atomic mass is 10.1. The van der Waals surface area contributed by atoms with Crippen LogP contribution in [0, 0.1) is 12.7 Å². The third kappa shape index (κ3) is 4.00. The second-order valence-corrected chi connectivity index (χ2v) is 9.69. The van der Waals surface area contributed by atoms with Gasteiger partial charge in [-0.3, -0.25) is 0 Å². The smallest absolute Gasteiger partial charge is 0.244 e. The number of aliphatic hydroxyl groups is 1. The molecule has 1 aliphatic rings. The first-order chi connectivity index (χ1) is 14.3. The van der Waals surface area contributed by atoms with Crippen molar-refractivity contribution < 1.29 is 17.9 Å². The van der Waals surface area contributed by atoms with Gasteiger partial charge in [0.1, 0.15) is 16.5 Å². The molecule has 1 fully saturated rings. The molecular weight excluding hydrogens is 429 g/mol. The zero-order valence-electron chi connectivity index (χ0n) is 16.3. The maximum atomic E-state index is 13.9. The van der Waals surface area contributed by atoms with Gasteiger partial charge in [-0.1, -0.05) is 23.7 Å². The molecule has 3 aromatic rings. The monoisotopic (exact) mass is 449 g/mol. The number of H-pyrrole nitrogens is 1. The number of aromatic nitrogens is 2. The van der Waals surface area contributed by atoms with Gasteiger partial charge in [-0.2, -0.15) is 4.31 Å². The highest BCUT2D eigenvalue weighted by Gasteiger charge is 2.30. The van der Waals surface area contributed by atoms with Crippen molar-refractivity contribution in [2.45, 2.75) is 30.8 Å². The van der Waals surface area contributed by atoms with E-state index in [2.05, 4.69) is 9.97 Å². The molecular formula is C21H21ClFN3O3S. The zero-order valence-corrected chi connectivity index (χ0v) is 17.8. The largest absolute Gasteiger partial charge is 0.393 e. The van der Waals surface area contributed by atoms with Gasteiger partial charge < -0.3 is 10.1 Å². The van der Waals surface area contributed by atoms with Crippen molar-refractivity contribution >= 4 is 21.6 Å². The van der Waals surface area contributed by atoms with Crippen molar-refractivity contribution in [1.82, 2.24) is 14.3 Å². The molecule has 30 heavy (non-hydrogen) atoms. The highest BCUT2D eigenvalue weighted by Crippen LogP contribution is 2.31. The lowest BCUT2D eigenvalue weighted by Gasteiger charge is -2.29. The van der Waals surface area contributed by atoms with Gasteiger partial charge in [0.15, 0.2) is 0 Å². The Morgan fingerprint density at radius 3 is 2.57 bits per heavy atom. The third-order valence-corrected chi connectivity index (χ3v) is 7.67. The lowest BCUT2D eigenvalue weighted by molar-refractivity contribution is 0.113. The molecule has 0 aliphatic carbocycles. The average Bonchev–Trinajstić information content (AvgIpc) is 3.21. The van der Waals surface area contributed by atoms with Crippen LogP contribution in [0.5, 0.6) is 0 Å². The number of imidazole rings is 1. The molecule has 9 heteroatoms.